The van der Waals surface area contributed by atoms with Crippen LogP contribution in [0.15, 0.2) is 132 Å². The number of para-hydroxylation sites is 1. The molecule has 0 unspecified atom stereocenters. The molecule has 0 bridgehead atoms. The number of furan rings is 1. The average molecular weight is 472 g/mol. The first-order valence-electron chi connectivity index (χ1n) is 12.6. The van der Waals surface area contributed by atoms with E-state index >= 15 is 0 Å². The van der Waals surface area contributed by atoms with Crippen LogP contribution in [0.5, 0.6) is 0 Å². The minimum Gasteiger partial charge on any atom is -0.454 e. The third kappa shape index (κ3) is 2.96. The van der Waals surface area contributed by atoms with Gasteiger partial charge in [-0.05, 0) is 61.6 Å². The van der Waals surface area contributed by atoms with Gasteiger partial charge in [0, 0.05) is 22.5 Å². The summed E-state index contributed by atoms with van der Waals surface area (Å²) in [6, 6.07) is 42.9. The molecule has 0 amide bonds. The average Bonchev–Trinajstić information content (AvgIpc) is 3.35. The van der Waals surface area contributed by atoms with Crippen LogP contribution in [-0.4, -0.2) is 4.98 Å². The van der Waals surface area contributed by atoms with Crippen molar-refractivity contribution in [2.45, 2.75) is 0 Å². The van der Waals surface area contributed by atoms with Crippen molar-refractivity contribution in [1.82, 2.24) is 4.98 Å². The Morgan fingerprint density at radius 1 is 0.459 bits per heavy atom. The second-order valence-electron chi connectivity index (χ2n) is 9.54. The van der Waals surface area contributed by atoms with Crippen molar-refractivity contribution in [3.8, 4) is 22.4 Å². The largest absolute Gasteiger partial charge is 0.454 e. The summed E-state index contributed by atoms with van der Waals surface area (Å²) in [6.45, 7) is 0. The smallest absolute Gasteiger partial charge is 0.161 e. The number of fused-ring (bicyclic) bond motifs is 6. The summed E-state index contributed by atoms with van der Waals surface area (Å²) >= 11 is 0. The van der Waals surface area contributed by atoms with Gasteiger partial charge in [-0.1, -0.05) is 103 Å². The third-order valence-corrected chi connectivity index (χ3v) is 7.50. The molecule has 0 aliphatic heterocycles. The van der Waals surface area contributed by atoms with Gasteiger partial charge < -0.3 is 4.42 Å². The standard InChI is InChI=1S/C35H21NO/c1-2-10-23-21-24(18-17-22(23)9-1)32-26-12-3-5-14-28(26)33(29-15-6-4-13-27(29)32)34-35-30(19-20-36-34)25-11-7-8-16-31(25)37-35/h1-21H. The Morgan fingerprint density at radius 2 is 1.05 bits per heavy atom. The third-order valence-electron chi connectivity index (χ3n) is 7.50. The number of benzene rings is 6. The Kier molecular flexibility index (Phi) is 4.26. The van der Waals surface area contributed by atoms with Gasteiger partial charge in [-0.25, -0.2) is 0 Å². The first kappa shape index (κ1) is 20.3. The maximum Gasteiger partial charge on any atom is 0.161 e. The quantitative estimate of drug-likeness (QED) is 0.235. The Morgan fingerprint density at radius 3 is 1.78 bits per heavy atom. The van der Waals surface area contributed by atoms with Gasteiger partial charge in [0.05, 0.1) is 0 Å². The number of rotatable bonds is 2. The first-order chi connectivity index (χ1) is 18.4. The minimum absolute atomic E-state index is 0.831. The van der Waals surface area contributed by atoms with Crippen LogP contribution < -0.4 is 0 Å². The molecule has 37 heavy (non-hydrogen) atoms. The highest BCUT2D eigenvalue weighted by Gasteiger charge is 2.21. The normalized spacial score (nSPS) is 11.8. The summed E-state index contributed by atoms with van der Waals surface area (Å²) in [5.74, 6) is 0. The highest BCUT2D eigenvalue weighted by atomic mass is 16.3. The summed E-state index contributed by atoms with van der Waals surface area (Å²) < 4.78 is 6.44. The zero-order chi connectivity index (χ0) is 24.3. The van der Waals surface area contributed by atoms with Crippen molar-refractivity contribution in [1.29, 1.82) is 0 Å². The molecule has 0 spiro atoms. The molecule has 8 aromatic rings. The number of aromatic nitrogens is 1. The van der Waals surface area contributed by atoms with Crippen molar-refractivity contribution in [2.75, 3.05) is 0 Å². The van der Waals surface area contributed by atoms with Crippen molar-refractivity contribution in [3.05, 3.63) is 128 Å². The zero-order valence-electron chi connectivity index (χ0n) is 20.0. The Balaban J connectivity index is 1.53. The number of hydrogen-bond acceptors (Lipinski definition) is 2. The molecule has 0 N–H and O–H groups in total. The van der Waals surface area contributed by atoms with Crippen LogP contribution in [0, 0.1) is 0 Å². The van der Waals surface area contributed by atoms with Gasteiger partial charge in [0.2, 0.25) is 0 Å². The lowest BCUT2D eigenvalue weighted by atomic mass is 9.86. The molecule has 172 valence electrons. The molecule has 0 saturated carbocycles. The van der Waals surface area contributed by atoms with E-state index in [0.29, 0.717) is 0 Å². The molecule has 0 atom stereocenters. The molecular weight excluding hydrogens is 450 g/mol. The van der Waals surface area contributed by atoms with E-state index in [1.807, 2.05) is 18.3 Å². The highest BCUT2D eigenvalue weighted by Crippen LogP contribution is 2.45. The van der Waals surface area contributed by atoms with Crippen molar-refractivity contribution in [2.24, 2.45) is 0 Å². The van der Waals surface area contributed by atoms with Gasteiger partial charge in [0.15, 0.2) is 5.58 Å². The van der Waals surface area contributed by atoms with Gasteiger partial charge in [-0.2, -0.15) is 0 Å². The van der Waals surface area contributed by atoms with Gasteiger partial charge in [0.25, 0.3) is 0 Å². The van der Waals surface area contributed by atoms with E-state index < -0.39 is 0 Å². The van der Waals surface area contributed by atoms with Crippen LogP contribution in [0.2, 0.25) is 0 Å². The topological polar surface area (TPSA) is 26.0 Å². The molecular formula is C35H21NO. The lowest BCUT2D eigenvalue weighted by Crippen LogP contribution is -1.92. The molecule has 0 aliphatic carbocycles. The van der Waals surface area contributed by atoms with E-state index in [-0.39, 0.29) is 0 Å². The fourth-order valence-electron chi connectivity index (χ4n) is 5.87. The SMILES string of the molecule is c1ccc2cc(-c3c4ccccc4c(-c4nccc5c4oc4ccccc45)c4ccccc34)ccc2c1. The van der Waals surface area contributed by atoms with Crippen LogP contribution >= 0.6 is 0 Å². The summed E-state index contributed by atoms with van der Waals surface area (Å²) in [6.07, 6.45) is 1.90. The minimum atomic E-state index is 0.831. The van der Waals surface area contributed by atoms with E-state index in [0.717, 1.165) is 33.2 Å². The fraction of sp³-hybridized carbons (Fsp3) is 0. The molecule has 2 heteroatoms. The van der Waals surface area contributed by atoms with Crippen LogP contribution in [-0.2, 0) is 0 Å². The lowest BCUT2D eigenvalue weighted by Gasteiger charge is -2.17. The van der Waals surface area contributed by atoms with Crippen molar-refractivity contribution >= 4 is 54.3 Å². The Bertz CT molecular complexity index is 2090. The van der Waals surface area contributed by atoms with Gasteiger partial charge in [0.1, 0.15) is 11.3 Å². The fourth-order valence-corrected chi connectivity index (χ4v) is 5.87. The zero-order valence-corrected chi connectivity index (χ0v) is 20.0. The van der Waals surface area contributed by atoms with Crippen LogP contribution in [0.4, 0.5) is 0 Å². The first-order valence-corrected chi connectivity index (χ1v) is 12.6. The molecule has 2 aromatic heterocycles. The monoisotopic (exact) mass is 471 g/mol. The highest BCUT2D eigenvalue weighted by molar-refractivity contribution is 6.23. The van der Waals surface area contributed by atoms with Gasteiger partial charge >= 0.3 is 0 Å². The molecule has 0 fully saturated rings. The second-order valence-corrected chi connectivity index (χ2v) is 9.54. The van der Waals surface area contributed by atoms with E-state index in [4.69, 9.17) is 9.40 Å². The molecule has 6 aromatic carbocycles. The maximum absolute atomic E-state index is 6.44. The number of pyridine rings is 1. The predicted molar refractivity (Wildman–Crippen MR) is 155 cm³/mol. The van der Waals surface area contributed by atoms with Crippen LogP contribution in [0.25, 0.3) is 76.6 Å². The Hall–Kier alpha value is -4.95. The Labute approximate surface area is 213 Å². The molecule has 0 saturated heterocycles. The van der Waals surface area contributed by atoms with E-state index in [1.165, 1.54) is 43.4 Å². The second kappa shape index (κ2) is 7.78. The van der Waals surface area contributed by atoms with Crippen LogP contribution in [0.3, 0.4) is 0 Å². The summed E-state index contributed by atoms with van der Waals surface area (Å²) in [4.78, 5) is 4.92. The molecule has 2 nitrogen and oxygen atoms in total. The van der Waals surface area contributed by atoms with E-state index in [9.17, 15) is 0 Å². The van der Waals surface area contributed by atoms with Crippen LogP contribution in [0.1, 0.15) is 0 Å². The van der Waals surface area contributed by atoms with E-state index in [1.54, 1.807) is 0 Å². The number of nitrogens with zero attached hydrogens (tertiary/aromatic N) is 1. The van der Waals surface area contributed by atoms with E-state index in [2.05, 4.69) is 109 Å². The summed E-state index contributed by atoms with van der Waals surface area (Å²) in [5, 5.41) is 9.45. The maximum atomic E-state index is 6.44. The van der Waals surface area contributed by atoms with Crippen molar-refractivity contribution < 1.29 is 4.42 Å². The van der Waals surface area contributed by atoms with Gasteiger partial charge in [-0.3, -0.25) is 4.98 Å². The summed E-state index contributed by atoms with van der Waals surface area (Å²) in [5.41, 5.74) is 6.17. The van der Waals surface area contributed by atoms with Gasteiger partial charge in [-0.15, -0.1) is 0 Å². The molecule has 0 radical (unpaired) electrons. The summed E-state index contributed by atoms with van der Waals surface area (Å²) in [7, 11) is 0. The van der Waals surface area contributed by atoms with Crippen molar-refractivity contribution in [3.63, 3.8) is 0 Å². The molecule has 0 aliphatic rings. The molecule has 8 rings (SSSR count). The molecule has 2 heterocycles. The predicted octanol–water partition coefficient (Wildman–Crippen LogP) is 9.77. The lowest BCUT2D eigenvalue weighted by molar-refractivity contribution is 0.668. The number of hydrogen-bond donors (Lipinski definition) is 0.